The third kappa shape index (κ3) is 2.23. The molecule has 0 bridgehead atoms. The summed E-state index contributed by atoms with van der Waals surface area (Å²) in [5, 5.41) is 3.90. The van der Waals surface area contributed by atoms with E-state index in [1.54, 1.807) is 0 Å². The van der Waals surface area contributed by atoms with Crippen molar-refractivity contribution in [2.24, 2.45) is 0 Å². The van der Waals surface area contributed by atoms with Crippen LogP contribution in [0.25, 0.3) is 10.1 Å². The zero-order valence-electron chi connectivity index (χ0n) is 8.69. The van der Waals surface area contributed by atoms with Crippen LogP contribution in [0.5, 0.6) is 0 Å². The van der Waals surface area contributed by atoms with Gasteiger partial charge in [0.05, 0.1) is 4.88 Å². The summed E-state index contributed by atoms with van der Waals surface area (Å²) in [6, 6.07) is 9.86. The Labute approximate surface area is 98.3 Å². The molecule has 0 aliphatic heterocycles. The first-order chi connectivity index (χ1) is 7.81. The van der Waals surface area contributed by atoms with Crippen LogP contribution >= 0.6 is 11.3 Å². The first-order valence-corrected chi connectivity index (χ1v) is 5.83. The first-order valence-electron chi connectivity index (χ1n) is 5.01. The Kier molecular flexibility index (Phi) is 3.23. The number of benzene rings is 1. The summed E-state index contributed by atoms with van der Waals surface area (Å²) < 4.78 is 1.13. The van der Waals surface area contributed by atoms with E-state index >= 15 is 0 Å². The predicted octanol–water partition coefficient (Wildman–Crippen LogP) is 2.65. The Morgan fingerprint density at radius 1 is 1.44 bits per heavy atom. The fourth-order valence-corrected chi connectivity index (χ4v) is 2.41. The van der Waals surface area contributed by atoms with Gasteiger partial charge >= 0.3 is 0 Å². The van der Waals surface area contributed by atoms with E-state index < -0.39 is 0 Å². The van der Waals surface area contributed by atoms with Crippen LogP contribution in [0.1, 0.15) is 16.1 Å². The topological polar surface area (TPSA) is 29.1 Å². The van der Waals surface area contributed by atoms with Crippen LogP contribution in [0.4, 0.5) is 0 Å². The van der Waals surface area contributed by atoms with Crippen LogP contribution in [0, 0.1) is 12.3 Å². The number of thiophene rings is 1. The molecule has 0 spiro atoms. The number of carbonyl (C=O) groups excluding carboxylic acids is 1. The molecular formula is C13H11NOS. The number of hydrogen-bond acceptors (Lipinski definition) is 2. The Morgan fingerprint density at radius 3 is 3.00 bits per heavy atom. The number of carbonyl (C=O) groups is 1. The molecule has 0 unspecified atom stereocenters. The highest BCUT2D eigenvalue weighted by molar-refractivity contribution is 7.20. The van der Waals surface area contributed by atoms with Crippen LogP contribution in [0.3, 0.4) is 0 Å². The van der Waals surface area contributed by atoms with E-state index in [0.29, 0.717) is 13.0 Å². The highest BCUT2D eigenvalue weighted by atomic mass is 32.1. The minimum absolute atomic E-state index is 0.0450. The van der Waals surface area contributed by atoms with Crippen LogP contribution in [-0.2, 0) is 0 Å². The monoisotopic (exact) mass is 229 g/mol. The van der Waals surface area contributed by atoms with Gasteiger partial charge in [0.15, 0.2) is 0 Å². The fraction of sp³-hybridized carbons (Fsp3) is 0.154. The van der Waals surface area contributed by atoms with Gasteiger partial charge in [-0.3, -0.25) is 4.79 Å². The van der Waals surface area contributed by atoms with Crippen molar-refractivity contribution in [3.8, 4) is 12.3 Å². The molecular weight excluding hydrogens is 218 g/mol. The maximum atomic E-state index is 11.7. The lowest BCUT2D eigenvalue weighted by atomic mass is 10.2. The van der Waals surface area contributed by atoms with Crippen LogP contribution < -0.4 is 5.32 Å². The maximum absolute atomic E-state index is 11.7. The van der Waals surface area contributed by atoms with Gasteiger partial charge in [0.25, 0.3) is 5.91 Å². The third-order valence-corrected chi connectivity index (χ3v) is 3.32. The molecule has 1 aromatic carbocycles. The number of fused-ring (bicyclic) bond motifs is 1. The van der Waals surface area contributed by atoms with Crippen molar-refractivity contribution in [2.45, 2.75) is 6.42 Å². The van der Waals surface area contributed by atoms with Crippen molar-refractivity contribution in [1.82, 2.24) is 5.32 Å². The smallest absolute Gasteiger partial charge is 0.261 e. The van der Waals surface area contributed by atoms with E-state index in [0.717, 1.165) is 15.0 Å². The average molecular weight is 229 g/mol. The van der Waals surface area contributed by atoms with Gasteiger partial charge in [-0.15, -0.1) is 23.7 Å². The van der Waals surface area contributed by atoms with Crippen LogP contribution in [0.15, 0.2) is 30.3 Å². The molecule has 2 aromatic rings. The average Bonchev–Trinajstić information content (AvgIpc) is 2.73. The van der Waals surface area contributed by atoms with Crippen molar-refractivity contribution in [2.75, 3.05) is 6.54 Å². The van der Waals surface area contributed by atoms with E-state index in [1.165, 1.54) is 11.3 Å². The van der Waals surface area contributed by atoms with E-state index in [4.69, 9.17) is 6.42 Å². The Bertz CT molecular complexity index is 517. The second-order valence-electron chi connectivity index (χ2n) is 3.36. The fourth-order valence-electron chi connectivity index (χ4n) is 1.43. The first kappa shape index (κ1) is 10.7. The lowest BCUT2D eigenvalue weighted by Gasteiger charge is -1.98. The van der Waals surface area contributed by atoms with Crippen molar-refractivity contribution in [1.29, 1.82) is 0 Å². The lowest BCUT2D eigenvalue weighted by Crippen LogP contribution is -2.23. The third-order valence-electron chi connectivity index (χ3n) is 2.20. The molecule has 1 amide bonds. The molecule has 16 heavy (non-hydrogen) atoms. The van der Waals surface area contributed by atoms with E-state index in [1.807, 2.05) is 30.3 Å². The Hall–Kier alpha value is -1.79. The van der Waals surface area contributed by atoms with Crippen molar-refractivity contribution >= 4 is 27.3 Å². The molecule has 0 saturated carbocycles. The molecule has 3 heteroatoms. The molecule has 1 N–H and O–H groups in total. The molecule has 0 fully saturated rings. The molecule has 0 saturated heterocycles. The van der Waals surface area contributed by atoms with Gasteiger partial charge in [-0.25, -0.2) is 0 Å². The normalized spacial score (nSPS) is 9.94. The van der Waals surface area contributed by atoms with Gasteiger partial charge < -0.3 is 5.32 Å². The summed E-state index contributed by atoms with van der Waals surface area (Å²) in [7, 11) is 0. The van der Waals surface area contributed by atoms with Gasteiger partial charge in [0.2, 0.25) is 0 Å². The minimum Gasteiger partial charge on any atom is -0.350 e. The number of amides is 1. The van der Waals surface area contributed by atoms with Gasteiger partial charge in [-0.2, -0.15) is 0 Å². The second-order valence-corrected chi connectivity index (χ2v) is 4.44. The summed E-state index contributed by atoms with van der Waals surface area (Å²) in [4.78, 5) is 12.5. The molecule has 1 heterocycles. The van der Waals surface area contributed by atoms with Crippen molar-refractivity contribution in [3.63, 3.8) is 0 Å². The molecule has 2 nitrogen and oxygen atoms in total. The number of nitrogens with one attached hydrogen (secondary N) is 1. The molecule has 0 atom stereocenters. The summed E-state index contributed by atoms with van der Waals surface area (Å²) >= 11 is 1.50. The highest BCUT2D eigenvalue weighted by Crippen LogP contribution is 2.24. The zero-order chi connectivity index (χ0) is 11.4. The number of rotatable bonds is 3. The van der Waals surface area contributed by atoms with Crippen LogP contribution in [-0.4, -0.2) is 12.5 Å². The van der Waals surface area contributed by atoms with Gasteiger partial charge in [-0.1, -0.05) is 18.2 Å². The van der Waals surface area contributed by atoms with Gasteiger partial charge in [0.1, 0.15) is 0 Å². The summed E-state index contributed by atoms with van der Waals surface area (Å²) in [5.41, 5.74) is 0. The standard InChI is InChI=1S/C13H11NOS/c1-2-3-8-14-13(15)12-9-10-6-4-5-7-11(10)16-12/h1,4-7,9H,3,8H2,(H,14,15). The molecule has 0 aliphatic carbocycles. The summed E-state index contributed by atoms with van der Waals surface area (Å²) in [6.07, 6.45) is 5.68. The quantitative estimate of drug-likeness (QED) is 0.636. The van der Waals surface area contributed by atoms with E-state index in [2.05, 4.69) is 11.2 Å². The van der Waals surface area contributed by atoms with E-state index in [9.17, 15) is 4.79 Å². The lowest BCUT2D eigenvalue weighted by molar-refractivity contribution is 0.0958. The molecule has 2 rings (SSSR count). The van der Waals surface area contributed by atoms with E-state index in [-0.39, 0.29) is 5.91 Å². The number of terminal acetylenes is 1. The summed E-state index contributed by atoms with van der Waals surface area (Å²) in [6.45, 7) is 0.531. The molecule has 1 aromatic heterocycles. The minimum atomic E-state index is -0.0450. The zero-order valence-corrected chi connectivity index (χ0v) is 9.51. The largest absolute Gasteiger partial charge is 0.350 e. The SMILES string of the molecule is C#CCCNC(=O)c1cc2ccccc2s1. The second kappa shape index (κ2) is 4.82. The predicted molar refractivity (Wildman–Crippen MR) is 67.6 cm³/mol. The summed E-state index contributed by atoms with van der Waals surface area (Å²) in [5.74, 6) is 2.44. The van der Waals surface area contributed by atoms with Gasteiger partial charge in [-0.05, 0) is 17.5 Å². The van der Waals surface area contributed by atoms with Gasteiger partial charge in [0, 0.05) is 17.7 Å². The van der Waals surface area contributed by atoms with Crippen molar-refractivity contribution < 1.29 is 4.79 Å². The molecule has 0 aliphatic rings. The Balaban J connectivity index is 2.14. The molecule has 0 radical (unpaired) electrons. The van der Waals surface area contributed by atoms with Crippen LogP contribution in [0.2, 0.25) is 0 Å². The molecule has 80 valence electrons. The Morgan fingerprint density at radius 2 is 2.25 bits per heavy atom. The van der Waals surface area contributed by atoms with Crippen molar-refractivity contribution in [3.05, 3.63) is 35.2 Å². The highest BCUT2D eigenvalue weighted by Gasteiger charge is 2.08. The number of hydrogen-bond donors (Lipinski definition) is 1. The maximum Gasteiger partial charge on any atom is 0.261 e.